The van der Waals surface area contributed by atoms with E-state index < -0.39 is 17.6 Å². The average Bonchev–Trinajstić information content (AvgIpc) is 3.58. The Labute approximate surface area is 304 Å². The Morgan fingerprint density at radius 1 is 1.16 bits per heavy atom. The van der Waals surface area contributed by atoms with Crippen molar-refractivity contribution in [1.82, 2.24) is 40.5 Å². The van der Waals surface area contributed by atoms with Gasteiger partial charge in [0.25, 0.3) is 5.56 Å². The molecule has 1 aromatic carbocycles. The molecule has 0 spiro atoms. The number of piperidine rings is 1. The highest BCUT2D eigenvalue weighted by Crippen LogP contribution is 2.36. The van der Waals surface area contributed by atoms with E-state index in [2.05, 4.69) is 51.7 Å². The molecule has 0 saturated carbocycles. The highest BCUT2D eigenvalue weighted by Gasteiger charge is 2.30. The smallest absolute Gasteiger partial charge is 0.275 e. The number of carbonyl (C=O) groups excluding carboxylic acids is 2. The Kier molecular flexibility index (Phi) is 10.4. The topological polar surface area (TPSA) is 172 Å². The van der Waals surface area contributed by atoms with Gasteiger partial charge in [0, 0.05) is 56.7 Å². The SMILES string of the molecule is C=C(NCCNC(=O)C[C@@H]1N=C(c2ccc(Cl)cc2)c2c(sc(C)c2C)Cn2c(C)nnc21)c1cnn(C2CCC(=O)NC2=N)c(=O)c1/C=C\C. The lowest BCUT2D eigenvalue weighted by atomic mass is 9.96. The molecule has 3 aromatic heterocycles. The lowest BCUT2D eigenvalue weighted by Gasteiger charge is -2.25. The molecular formula is C36H39ClN10O3S. The van der Waals surface area contributed by atoms with Crippen molar-refractivity contribution in [3.8, 4) is 0 Å². The van der Waals surface area contributed by atoms with E-state index in [-0.39, 0.29) is 37.0 Å². The summed E-state index contributed by atoms with van der Waals surface area (Å²) in [4.78, 5) is 46.2. The van der Waals surface area contributed by atoms with Gasteiger partial charge in [-0.3, -0.25) is 24.8 Å². The van der Waals surface area contributed by atoms with Crippen LogP contribution in [-0.2, 0) is 16.1 Å². The van der Waals surface area contributed by atoms with E-state index in [1.54, 1.807) is 30.4 Å². The van der Waals surface area contributed by atoms with Crippen LogP contribution >= 0.6 is 22.9 Å². The third-order valence-electron chi connectivity index (χ3n) is 9.07. The quantitative estimate of drug-likeness (QED) is 0.172. The molecule has 0 aliphatic carbocycles. The number of hydrogen-bond acceptors (Lipinski definition) is 10. The lowest BCUT2D eigenvalue weighted by molar-refractivity contribution is -0.122. The Morgan fingerprint density at radius 2 is 1.90 bits per heavy atom. The van der Waals surface area contributed by atoms with Gasteiger partial charge in [0.05, 0.1) is 30.4 Å². The second-order valence-corrected chi connectivity index (χ2v) is 14.2. The van der Waals surface area contributed by atoms with E-state index in [0.717, 1.165) is 33.1 Å². The molecule has 2 amide bonds. The molecule has 2 aliphatic heterocycles. The maximum Gasteiger partial charge on any atom is 0.275 e. The van der Waals surface area contributed by atoms with Crippen molar-refractivity contribution in [3.63, 3.8) is 0 Å². The van der Waals surface area contributed by atoms with Crippen LogP contribution in [0.25, 0.3) is 11.8 Å². The van der Waals surface area contributed by atoms with Gasteiger partial charge in [0.2, 0.25) is 11.8 Å². The molecule has 2 atom stereocenters. The molecule has 6 rings (SSSR count). The normalized spacial score (nSPS) is 17.2. The van der Waals surface area contributed by atoms with Gasteiger partial charge in [-0.15, -0.1) is 21.5 Å². The number of halogens is 1. The number of aryl methyl sites for hydroxylation is 2. The van der Waals surface area contributed by atoms with Crippen molar-refractivity contribution >= 4 is 58.1 Å². The Balaban J connectivity index is 1.17. The fourth-order valence-corrected chi connectivity index (χ4v) is 7.62. The lowest BCUT2D eigenvalue weighted by Crippen LogP contribution is -2.45. The molecule has 4 N–H and O–H groups in total. The van der Waals surface area contributed by atoms with Crippen LogP contribution in [-0.4, -0.2) is 61.0 Å². The Bertz CT molecular complexity index is 2160. The fraction of sp³-hybridized carbons (Fsp3) is 0.333. The van der Waals surface area contributed by atoms with Gasteiger partial charge >= 0.3 is 0 Å². The maximum atomic E-state index is 13.5. The molecule has 15 heteroatoms. The predicted octanol–water partition coefficient (Wildman–Crippen LogP) is 4.64. The van der Waals surface area contributed by atoms with Gasteiger partial charge in [0.1, 0.15) is 23.7 Å². The fourth-order valence-electron chi connectivity index (χ4n) is 6.32. The van der Waals surface area contributed by atoms with Crippen LogP contribution < -0.4 is 21.5 Å². The minimum absolute atomic E-state index is 0.0535. The van der Waals surface area contributed by atoms with E-state index in [0.29, 0.717) is 47.2 Å². The average molecular weight is 727 g/mol. The summed E-state index contributed by atoms with van der Waals surface area (Å²) in [6, 6.07) is 6.33. The van der Waals surface area contributed by atoms with Crippen LogP contribution in [0.2, 0.25) is 5.02 Å². The van der Waals surface area contributed by atoms with Gasteiger partial charge < -0.3 is 20.5 Å². The number of hydrogen-bond donors (Lipinski definition) is 4. The molecule has 2 aliphatic rings. The monoisotopic (exact) mass is 726 g/mol. The summed E-state index contributed by atoms with van der Waals surface area (Å²) >= 11 is 7.97. The third-order valence-corrected chi connectivity index (χ3v) is 10.5. The number of aromatic nitrogens is 5. The van der Waals surface area contributed by atoms with Gasteiger partial charge in [-0.1, -0.05) is 42.5 Å². The van der Waals surface area contributed by atoms with Crippen LogP contribution in [0.4, 0.5) is 0 Å². The minimum atomic E-state index is -0.660. The zero-order valence-electron chi connectivity index (χ0n) is 28.8. The summed E-state index contributed by atoms with van der Waals surface area (Å²) in [5, 5.41) is 30.6. The molecule has 1 saturated heterocycles. The summed E-state index contributed by atoms with van der Waals surface area (Å²) in [5.74, 6) is 0.856. The Morgan fingerprint density at radius 3 is 2.63 bits per heavy atom. The summed E-state index contributed by atoms with van der Waals surface area (Å²) in [6.45, 7) is 13.2. The van der Waals surface area contributed by atoms with Crippen molar-refractivity contribution in [1.29, 1.82) is 5.41 Å². The summed E-state index contributed by atoms with van der Waals surface area (Å²) in [5.41, 5.74) is 4.84. The summed E-state index contributed by atoms with van der Waals surface area (Å²) < 4.78 is 3.27. The second kappa shape index (κ2) is 15.0. The minimum Gasteiger partial charge on any atom is -0.383 e. The van der Waals surface area contributed by atoms with Crippen molar-refractivity contribution in [2.75, 3.05) is 13.1 Å². The first-order chi connectivity index (χ1) is 24.5. The van der Waals surface area contributed by atoms with E-state index in [4.69, 9.17) is 22.0 Å². The highest BCUT2D eigenvalue weighted by molar-refractivity contribution is 7.12. The van der Waals surface area contributed by atoms with Gasteiger partial charge in [0.15, 0.2) is 5.82 Å². The van der Waals surface area contributed by atoms with E-state index in [1.807, 2.05) is 35.8 Å². The van der Waals surface area contributed by atoms with Crippen molar-refractivity contribution in [3.05, 3.63) is 108 Å². The van der Waals surface area contributed by atoms with Crippen molar-refractivity contribution < 1.29 is 9.59 Å². The molecule has 264 valence electrons. The molecule has 51 heavy (non-hydrogen) atoms. The first-order valence-corrected chi connectivity index (χ1v) is 17.8. The number of allylic oxidation sites excluding steroid dienone is 1. The number of thiophene rings is 1. The second-order valence-electron chi connectivity index (χ2n) is 12.5. The van der Waals surface area contributed by atoms with Crippen molar-refractivity contribution in [2.45, 2.75) is 65.6 Å². The zero-order chi connectivity index (χ0) is 36.4. The molecular weight excluding hydrogens is 688 g/mol. The maximum absolute atomic E-state index is 13.5. The van der Waals surface area contributed by atoms with E-state index >= 15 is 0 Å². The number of fused-ring (bicyclic) bond motifs is 2. The largest absolute Gasteiger partial charge is 0.383 e. The molecule has 1 fully saturated rings. The molecule has 0 bridgehead atoms. The van der Waals surface area contributed by atoms with Gasteiger partial charge in [-0.25, -0.2) is 4.68 Å². The van der Waals surface area contributed by atoms with Gasteiger partial charge in [-0.2, -0.15) is 5.10 Å². The first kappa shape index (κ1) is 35.6. The van der Waals surface area contributed by atoms with Crippen LogP contribution in [0.3, 0.4) is 0 Å². The molecule has 0 radical (unpaired) electrons. The van der Waals surface area contributed by atoms with Crippen molar-refractivity contribution in [2.24, 2.45) is 4.99 Å². The predicted molar refractivity (Wildman–Crippen MR) is 199 cm³/mol. The number of aliphatic imine (C=N–C) groups is 1. The first-order valence-electron chi connectivity index (χ1n) is 16.6. The molecule has 1 unspecified atom stereocenters. The molecule has 5 heterocycles. The zero-order valence-corrected chi connectivity index (χ0v) is 30.4. The van der Waals surface area contributed by atoms with Crippen LogP contribution in [0, 0.1) is 26.2 Å². The number of amidine groups is 1. The van der Waals surface area contributed by atoms with Crippen LogP contribution in [0.5, 0.6) is 0 Å². The summed E-state index contributed by atoms with van der Waals surface area (Å²) in [7, 11) is 0. The van der Waals surface area contributed by atoms with E-state index in [1.165, 1.54) is 15.8 Å². The van der Waals surface area contributed by atoms with Crippen LogP contribution in [0.1, 0.15) is 87.5 Å². The summed E-state index contributed by atoms with van der Waals surface area (Å²) in [6.07, 6.45) is 5.51. The standard InChI is InChI=1S/C36H39ClN10O3S/c1-6-7-25-26(17-41-47(36(25)50)28-12-13-30(48)43-34(28)38)20(3)39-14-15-40-31(49)16-27-35-45-44-22(5)46(35)18-29-32(19(2)21(4)51-29)33(42-27)23-8-10-24(37)11-9-23/h6-11,17,27-28,39H,3,12-16,18H2,1-2,4-5H3,(H,40,49)(H2,38,43,48)/b7-6-,42-33?/t27-,28?/m0/s1. The number of nitrogens with zero attached hydrogens (tertiary/aromatic N) is 6. The molecule has 4 aromatic rings. The number of carbonyl (C=O) groups is 2. The number of rotatable bonds is 10. The number of benzene rings is 1. The van der Waals surface area contributed by atoms with Crippen LogP contribution in [0.15, 0.2) is 52.9 Å². The third kappa shape index (κ3) is 7.33. The number of nitrogens with one attached hydrogen (secondary N) is 4. The number of amides is 2. The molecule has 13 nitrogen and oxygen atoms in total. The van der Waals surface area contributed by atoms with Gasteiger partial charge in [-0.05, 0) is 51.8 Å². The van der Waals surface area contributed by atoms with E-state index in [9.17, 15) is 14.4 Å². The Hall–Kier alpha value is -5.21. The highest BCUT2D eigenvalue weighted by atomic mass is 35.5.